The largest absolute Gasteiger partial charge is 0.379 e. The van der Waals surface area contributed by atoms with E-state index in [1.807, 2.05) is 48.7 Å². The highest BCUT2D eigenvalue weighted by molar-refractivity contribution is 5.86. The molecule has 9 nitrogen and oxygen atoms in total. The molecule has 2 aliphatic rings. The molecule has 0 saturated carbocycles. The summed E-state index contributed by atoms with van der Waals surface area (Å²) in [6.45, 7) is 2.90. The fourth-order valence-corrected chi connectivity index (χ4v) is 4.93. The standard InChI is InChI=1S/C29H30F2N6O3/c30-29(31)14-23(15-32)37(19-29)27(38)17-35-28(39)24-7-8-33-26-6-4-20(13-25(24)26)1-2-21-3-5-22(34-16-21)18-36-9-11-40-12-10-36/h1-8,13,16,23,28,35,39H,9-12,14,17-19H2/b2-1+/t23-,28?/m0/s1. The molecule has 5 rings (SSSR count). The molecule has 0 bridgehead atoms. The highest BCUT2D eigenvalue weighted by atomic mass is 19.3. The van der Waals surface area contributed by atoms with Crippen molar-refractivity contribution in [2.24, 2.45) is 0 Å². The first-order chi connectivity index (χ1) is 19.3. The molecule has 2 saturated heterocycles. The van der Waals surface area contributed by atoms with Gasteiger partial charge in [-0.25, -0.2) is 8.78 Å². The number of aliphatic hydroxyl groups excluding tert-OH is 1. The molecule has 3 aromatic rings. The zero-order valence-electron chi connectivity index (χ0n) is 21.8. The average Bonchev–Trinajstić information content (AvgIpc) is 3.30. The highest BCUT2D eigenvalue weighted by Crippen LogP contribution is 2.31. The van der Waals surface area contributed by atoms with E-state index >= 15 is 0 Å². The number of hydrogen-bond donors (Lipinski definition) is 2. The lowest BCUT2D eigenvalue weighted by molar-refractivity contribution is -0.132. The molecule has 2 fully saturated rings. The van der Waals surface area contributed by atoms with Crippen molar-refractivity contribution in [3.05, 3.63) is 71.2 Å². The molecule has 2 aliphatic heterocycles. The predicted molar refractivity (Wildman–Crippen MR) is 145 cm³/mol. The fraction of sp³-hybridized carbons (Fsp3) is 0.379. The van der Waals surface area contributed by atoms with Gasteiger partial charge in [-0.2, -0.15) is 5.26 Å². The normalized spacial score (nSPS) is 20.1. The van der Waals surface area contributed by atoms with E-state index in [1.54, 1.807) is 18.3 Å². The number of fused-ring (bicyclic) bond motifs is 1. The van der Waals surface area contributed by atoms with Crippen LogP contribution in [0.5, 0.6) is 0 Å². The first kappa shape index (κ1) is 27.7. The second-order valence-corrected chi connectivity index (χ2v) is 9.99. The molecule has 0 aliphatic carbocycles. The third-order valence-corrected chi connectivity index (χ3v) is 7.08. The van der Waals surface area contributed by atoms with Crippen molar-refractivity contribution in [2.75, 3.05) is 39.4 Å². The summed E-state index contributed by atoms with van der Waals surface area (Å²) < 4.78 is 32.8. The van der Waals surface area contributed by atoms with Gasteiger partial charge in [-0.15, -0.1) is 0 Å². The Hall–Kier alpha value is -3.82. The second kappa shape index (κ2) is 12.1. The minimum Gasteiger partial charge on any atom is -0.379 e. The SMILES string of the molecule is N#C[C@@H]1CC(F)(F)CN1C(=O)CNC(O)c1ccnc2ccc(/C=C/c3ccc(CN4CCOCC4)nc3)cc12. The summed E-state index contributed by atoms with van der Waals surface area (Å²) in [6.07, 6.45) is 5.34. The van der Waals surface area contributed by atoms with Crippen LogP contribution in [-0.2, 0) is 16.1 Å². The highest BCUT2D eigenvalue weighted by Gasteiger charge is 2.47. The number of aliphatic hydroxyl groups is 1. The Morgan fingerprint density at radius 2 is 1.98 bits per heavy atom. The first-order valence-electron chi connectivity index (χ1n) is 13.1. The number of ether oxygens (including phenoxy) is 1. The van der Waals surface area contributed by atoms with Crippen LogP contribution in [0.2, 0.25) is 0 Å². The van der Waals surface area contributed by atoms with Gasteiger partial charge < -0.3 is 14.7 Å². The Balaban J connectivity index is 1.24. The van der Waals surface area contributed by atoms with Crippen LogP contribution in [0.4, 0.5) is 8.78 Å². The number of amides is 1. The van der Waals surface area contributed by atoms with Crippen LogP contribution in [0, 0.1) is 11.3 Å². The zero-order valence-corrected chi connectivity index (χ0v) is 21.8. The molecule has 1 amide bonds. The average molecular weight is 549 g/mol. The fourth-order valence-electron chi connectivity index (χ4n) is 4.93. The van der Waals surface area contributed by atoms with Crippen LogP contribution in [0.15, 0.2) is 48.8 Å². The smallest absolute Gasteiger partial charge is 0.268 e. The van der Waals surface area contributed by atoms with Gasteiger partial charge >= 0.3 is 0 Å². The summed E-state index contributed by atoms with van der Waals surface area (Å²) in [7, 11) is 0. The molecular formula is C29H30F2N6O3. The van der Waals surface area contributed by atoms with Crippen molar-refractivity contribution in [1.29, 1.82) is 5.26 Å². The summed E-state index contributed by atoms with van der Waals surface area (Å²) in [5.41, 5.74) is 3.96. The van der Waals surface area contributed by atoms with Gasteiger partial charge in [-0.3, -0.25) is 25.0 Å². The van der Waals surface area contributed by atoms with Gasteiger partial charge in [0.1, 0.15) is 12.3 Å². The zero-order chi connectivity index (χ0) is 28.1. The molecule has 1 unspecified atom stereocenters. The third kappa shape index (κ3) is 6.66. The van der Waals surface area contributed by atoms with Gasteiger partial charge in [0.25, 0.3) is 5.92 Å². The van der Waals surface area contributed by atoms with E-state index < -0.39 is 43.6 Å². The number of likely N-dealkylation sites (tertiary alicyclic amines) is 1. The van der Waals surface area contributed by atoms with Gasteiger partial charge in [-0.05, 0) is 35.4 Å². The molecule has 0 radical (unpaired) electrons. The number of nitrogens with zero attached hydrogens (tertiary/aromatic N) is 5. The Morgan fingerprint density at radius 1 is 1.20 bits per heavy atom. The first-order valence-corrected chi connectivity index (χ1v) is 13.1. The number of hydrogen-bond acceptors (Lipinski definition) is 8. The molecule has 1 aromatic carbocycles. The van der Waals surface area contributed by atoms with Gasteiger partial charge in [0, 0.05) is 49.4 Å². The molecule has 208 valence electrons. The van der Waals surface area contributed by atoms with E-state index in [0.717, 1.165) is 54.6 Å². The summed E-state index contributed by atoms with van der Waals surface area (Å²) in [5, 5.41) is 23.3. The molecule has 11 heteroatoms. The van der Waals surface area contributed by atoms with E-state index in [4.69, 9.17) is 10.00 Å². The maximum Gasteiger partial charge on any atom is 0.268 e. The Labute approximate surface area is 230 Å². The number of carbonyl (C=O) groups is 1. The number of morpholine rings is 1. The molecule has 2 N–H and O–H groups in total. The number of alkyl halides is 2. The van der Waals surface area contributed by atoms with Crippen molar-refractivity contribution in [2.45, 2.75) is 31.2 Å². The molecule has 4 heterocycles. The van der Waals surface area contributed by atoms with E-state index in [9.17, 15) is 18.7 Å². The van der Waals surface area contributed by atoms with E-state index in [1.165, 1.54) is 0 Å². The van der Waals surface area contributed by atoms with Crippen LogP contribution < -0.4 is 5.32 Å². The van der Waals surface area contributed by atoms with Crippen LogP contribution in [0.25, 0.3) is 23.1 Å². The van der Waals surface area contributed by atoms with Gasteiger partial charge in [0.15, 0.2) is 0 Å². The van der Waals surface area contributed by atoms with Gasteiger partial charge in [-0.1, -0.05) is 24.3 Å². The number of halogens is 2. The summed E-state index contributed by atoms with van der Waals surface area (Å²) >= 11 is 0. The minimum absolute atomic E-state index is 0.395. The van der Waals surface area contributed by atoms with Crippen molar-refractivity contribution >= 4 is 29.0 Å². The minimum atomic E-state index is -3.10. The Bertz CT molecular complexity index is 1420. The molecular weight excluding hydrogens is 518 g/mol. The lowest BCUT2D eigenvalue weighted by atomic mass is 10.0. The lowest BCUT2D eigenvalue weighted by Crippen LogP contribution is -2.42. The van der Waals surface area contributed by atoms with E-state index in [2.05, 4.69) is 20.2 Å². The predicted octanol–water partition coefficient (Wildman–Crippen LogP) is 2.97. The number of nitrogens with one attached hydrogen (secondary N) is 1. The van der Waals surface area contributed by atoms with Gasteiger partial charge in [0.2, 0.25) is 5.91 Å². The number of nitriles is 1. The molecule has 40 heavy (non-hydrogen) atoms. The van der Waals surface area contributed by atoms with Crippen molar-refractivity contribution in [3.8, 4) is 6.07 Å². The summed E-state index contributed by atoms with van der Waals surface area (Å²) in [4.78, 5) is 24.6. The van der Waals surface area contributed by atoms with Gasteiger partial charge in [0.05, 0.1) is 43.6 Å². The number of carbonyl (C=O) groups excluding carboxylic acids is 1. The maximum atomic E-state index is 13.7. The number of rotatable bonds is 8. The number of pyridine rings is 2. The summed E-state index contributed by atoms with van der Waals surface area (Å²) in [6, 6.07) is 11.9. The van der Waals surface area contributed by atoms with Crippen LogP contribution >= 0.6 is 0 Å². The molecule has 0 spiro atoms. The lowest BCUT2D eigenvalue weighted by Gasteiger charge is -2.26. The van der Waals surface area contributed by atoms with E-state index in [0.29, 0.717) is 16.5 Å². The van der Waals surface area contributed by atoms with Crippen LogP contribution in [-0.4, -0.2) is 82.1 Å². The second-order valence-electron chi connectivity index (χ2n) is 9.99. The number of aromatic nitrogens is 2. The van der Waals surface area contributed by atoms with E-state index in [-0.39, 0.29) is 0 Å². The van der Waals surface area contributed by atoms with Crippen molar-refractivity contribution in [3.63, 3.8) is 0 Å². The summed E-state index contributed by atoms with van der Waals surface area (Å²) in [5.74, 6) is -3.77. The topological polar surface area (TPSA) is 115 Å². The monoisotopic (exact) mass is 548 g/mol. The molecule has 2 atom stereocenters. The number of benzene rings is 1. The van der Waals surface area contributed by atoms with Crippen molar-refractivity contribution in [1.82, 2.24) is 25.1 Å². The van der Waals surface area contributed by atoms with Crippen LogP contribution in [0.1, 0.15) is 35.0 Å². The maximum absolute atomic E-state index is 13.7. The van der Waals surface area contributed by atoms with Crippen LogP contribution in [0.3, 0.4) is 0 Å². The Morgan fingerprint density at radius 3 is 2.73 bits per heavy atom. The quantitative estimate of drug-likeness (QED) is 0.413. The Kier molecular flexibility index (Phi) is 8.42. The molecule has 2 aromatic heterocycles. The van der Waals surface area contributed by atoms with Crippen molar-refractivity contribution < 1.29 is 23.4 Å². The third-order valence-electron chi connectivity index (χ3n) is 7.08.